The topological polar surface area (TPSA) is 61.5 Å². The smallest absolute Gasteiger partial charge is 0.161 e. The Morgan fingerprint density at radius 3 is 2.94 bits per heavy atom. The van der Waals surface area contributed by atoms with Crippen LogP contribution < -0.4 is 10.5 Å². The maximum absolute atomic E-state index is 11.2. The number of hydrogen-bond donors (Lipinski definition) is 1. The minimum absolute atomic E-state index is 0.0327. The minimum atomic E-state index is -0.0327. The highest BCUT2D eigenvalue weighted by atomic mass is 16.5. The number of hydrogen-bond acceptors (Lipinski definition) is 4. The molecule has 0 aromatic heterocycles. The zero-order chi connectivity index (χ0) is 13.0. The van der Waals surface area contributed by atoms with E-state index in [1.54, 1.807) is 18.2 Å². The van der Waals surface area contributed by atoms with Gasteiger partial charge in [0.25, 0.3) is 0 Å². The summed E-state index contributed by atoms with van der Waals surface area (Å²) < 4.78 is 11.2. The summed E-state index contributed by atoms with van der Waals surface area (Å²) in [5.74, 6) is 0.654. The second-order valence-electron chi connectivity index (χ2n) is 4.60. The molecule has 4 nitrogen and oxygen atoms in total. The average molecular weight is 249 g/mol. The number of rotatable bonds is 4. The fourth-order valence-corrected chi connectivity index (χ4v) is 2.08. The van der Waals surface area contributed by atoms with Crippen LogP contribution in [-0.2, 0) is 4.74 Å². The molecule has 0 radical (unpaired) electrons. The third-order valence-electron chi connectivity index (χ3n) is 3.11. The zero-order valence-electron chi connectivity index (χ0n) is 10.6. The molecule has 1 unspecified atom stereocenters. The van der Waals surface area contributed by atoms with Gasteiger partial charge in [-0.15, -0.1) is 0 Å². The van der Waals surface area contributed by atoms with Crippen LogP contribution >= 0.6 is 0 Å². The van der Waals surface area contributed by atoms with Crippen LogP contribution in [-0.4, -0.2) is 25.1 Å². The van der Waals surface area contributed by atoms with Gasteiger partial charge in [-0.25, -0.2) is 0 Å². The largest absolute Gasteiger partial charge is 0.491 e. The summed E-state index contributed by atoms with van der Waals surface area (Å²) in [5.41, 5.74) is 6.80. The van der Waals surface area contributed by atoms with Gasteiger partial charge < -0.3 is 15.2 Å². The van der Waals surface area contributed by atoms with E-state index < -0.39 is 0 Å². The van der Waals surface area contributed by atoms with E-state index in [2.05, 4.69) is 0 Å². The van der Waals surface area contributed by atoms with Gasteiger partial charge in [-0.3, -0.25) is 4.79 Å². The quantitative estimate of drug-likeness (QED) is 0.657. The molecule has 0 bridgehead atoms. The Morgan fingerprint density at radius 1 is 1.50 bits per heavy atom. The summed E-state index contributed by atoms with van der Waals surface area (Å²) in [5, 5.41) is 0. The van der Waals surface area contributed by atoms with E-state index in [-0.39, 0.29) is 11.9 Å². The number of carbonyl (C=O) groups is 1. The molecule has 1 aliphatic rings. The number of ketones is 1. The molecule has 4 heteroatoms. The maximum atomic E-state index is 11.2. The number of nitrogen functional groups attached to an aromatic ring is 1. The van der Waals surface area contributed by atoms with Crippen LogP contribution in [0.3, 0.4) is 0 Å². The lowest BCUT2D eigenvalue weighted by Gasteiger charge is -2.22. The third kappa shape index (κ3) is 3.23. The molecular formula is C14H19NO3. The number of anilines is 1. The zero-order valence-corrected chi connectivity index (χ0v) is 10.6. The van der Waals surface area contributed by atoms with Gasteiger partial charge >= 0.3 is 0 Å². The first kappa shape index (κ1) is 12.9. The molecule has 18 heavy (non-hydrogen) atoms. The highest BCUT2D eigenvalue weighted by Gasteiger charge is 2.14. The molecule has 2 N–H and O–H groups in total. The van der Waals surface area contributed by atoms with E-state index in [1.165, 1.54) is 13.3 Å². The molecule has 1 aromatic carbocycles. The van der Waals surface area contributed by atoms with Crippen LogP contribution in [0.15, 0.2) is 18.2 Å². The van der Waals surface area contributed by atoms with Crippen molar-refractivity contribution >= 4 is 11.5 Å². The maximum Gasteiger partial charge on any atom is 0.161 e. The first-order chi connectivity index (χ1) is 8.66. The molecule has 2 rings (SSSR count). The lowest BCUT2D eigenvalue weighted by molar-refractivity contribution is -0.0110. The standard InChI is InChI=1S/C14H19NO3/c1-10(16)13-6-5-11(8-14(13)15)18-9-12-4-2-3-7-17-12/h5-6,8,12H,2-4,7,9,15H2,1H3. The molecule has 98 valence electrons. The molecule has 0 amide bonds. The Hall–Kier alpha value is -1.55. The average Bonchev–Trinajstić information content (AvgIpc) is 2.37. The molecule has 1 fully saturated rings. The van der Waals surface area contributed by atoms with E-state index in [1.807, 2.05) is 0 Å². The molecule has 1 aromatic rings. The minimum Gasteiger partial charge on any atom is -0.491 e. The number of benzene rings is 1. The number of Topliss-reactive ketones (excluding diaryl/α,β-unsaturated/α-hetero) is 1. The Kier molecular flexibility index (Phi) is 4.20. The fraction of sp³-hybridized carbons (Fsp3) is 0.500. The predicted octanol–water partition coefficient (Wildman–Crippen LogP) is 2.42. The van der Waals surface area contributed by atoms with Gasteiger partial charge in [0, 0.05) is 23.9 Å². The highest BCUT2D eigenvalue weighted by Crippen LogP contribution is 2.21. The first-order valence-electron chi connectivity index (χ1n) is 6.31. The normalized spacial score (nSPS) is 19.5. The number of nitrogens with two attached hydrogens (primary N) is 1. The van der Waals surface area contributed by atoms with Gasteiger partial charge in [-0.05, 0) is 38.3 Å². The second-order valence-corrected chi connectivity index (χ2v) is 4.60. The third-order valence-corrected chi connectivity index (χ3v) is 3.11. The van der Waals surface area contributed by atoms with Crippen molar-refractivity contribution in [3.63, 3.8) is 0 Å². The Morgan fingerprint density at radius 2 is 2.33 bits per heavy atom. The molecule has 0 aliphatic carbocycles. The van der Waals surface area contributed by atoms with Crippen LogP contribution in [0.5, 0.6) is 5.75 Å². The molecule has 0 spiro atoms. The van der Waals surface area contributed by atoms with Crippen LogP contribution in [0.25, 0.3) is 0 Å². The Labute approximate surface area is 107 Å². The predicted molar refractivity (Wildman–Crippen MR) is 69.9 cm³/mol. The van der Waals surface area contributed by atoms with Gasteiger partial charge in [-0.2, -0.15) is 0 Å². The van der Waals surface area contributed by atoms with Gasteiger partial charge in [0.1, 0.15) is 12.4 Å². The monoisotopic (exact) mass is 249 g/mol. The molecule has 1 atom stereocenters. The lowest BCUT2D eigenvalue weighted by atomic mass is 10.1. The van der Waals surface area contributed by atoms with Gasteiger partial charge in [0.15, 0.2) is 5.78 Å². The SMILES string of the molecule is CC(=O)c1ccc(OCC2CCCCO2)cc1N. The lowest BCUT2D eigenvalue weighted by Crippen LogP contribution is -2.25. The summed E-state index contributed by atoms with van der Waals surface area (Å²) in [6.45, 7) is 2.86. The first-order valence-corrected chi connectivity index (χ1v) is 6.31. The van der Waals surface area contributed by atoms with Crippen LogP contribution in [0, 0.1) is 0 Å². The van der Waals surface area contributed by atoms with Crippen molar-refractivity contribution in [2.45, 2.75) is 32.3 Å². The van der Waals surface area contributed by atoms with Crippen molar-refractivity contribution in [2.75, 3.05) is 18.9 Å². The number of carbonyl (C=O) groups excluding carboxylic acids is 1. The van der Waals surface area contributed by atoms with Crippen LogP contribution in [0.2, 0.25) is 0 Å². The van der Waals surface area contributed by atoms with Crippen molar-refractivity contribution < 1.29 is 14.3 Å². The van der Waals surface area contributed by atoms with Crippen LogP contribution in [0.1, 0.15) is 36.5 Å². The molecule has 1 saturated heterocycles. The van der Waals surface area contributed by atoms with E-state index in [0.29, 0.717) is 23.6 Å². The van der Waals surface area contributed by atoms with E-state index in [9.17, 15) is 4.79 Å². The summed E-state index contributed by atoms with van der Waals surface area (Å²) >= 11 is 0. The fourth-order valence-electron chi connectivity index (χ4n) is 2.08. The van der Waals surface area contributed by atoms with E-state index >= 15 is 0 Å². The van der Waals surface area contributed by atoms with Gasteiger partial charge in [-0.1, -0.05) is 0 Å². The van der Waals surface area contributed by atoms with Gasteiger partial charge in [0.05, 0.1) is 6.10 Å². The summed E-state index contributed by atoms with van der Waals surface area (Å²) in [4.78, 5) is 11.2. The van der Waals surface area contributed by atoms with E-state index in [0.717, 1.165) is 19.4 Å². The van der Waals surface area contributed by atoms with Crippen LogP contribution in [0.4, 0.5) is 5.69 Å². The summed E-state index contributed by atoms with van der Waals surface area (Å²) in [6.07, 6.45) is 3.55. The van der Waals surface area contributed by atoms with Gasteiger partial charge in [0.2, 0.25) is 0 Å². The molecule has 1 aliphatic heterocycles. The Bertz CT molecular complexity index is 425. The van der Waals surface area contributed by atoms with Crippen molar-refractivity contribution in [2.24, 2.45) is 0 Å². The van der Waals surface area contributed by atoms with Crippen molar-refractivity contribution in [3.8, 4) is 5.75 Å². The number of ether oxygens (including phenoxy) is 2. The summed E-state index contributed by atoms with van der Waals surface area (Å²) in [7, 11) is 0. The van der Waals surface area contributed by atoms with Crippen molar-refractivity contribution in [3.05, 3.63) is 23.8 Å². The van der Waals surface area contributed by atoms with Crippen molar-refractivity contribution in [1.29, 1.82) is 0 Å². The Balaban J connectivity index is 1.93. The molecule has 1 heterocycles. The highest BCUT2D eigenvalue weighted by molar-refractivity contribution is 5.99. The van der Waals surface area contributed by atoms with E-state index in [4.69, 9.17) is 15.2 Å². The second kappa shape index (κ2) is 5.87. The molecule has 0 saturated carbocycles. The summed E-state index contributed by atoms with van der Waals surface area (Å²) in [6, 6.07) is 5.17. The van der Waals surface area contributed by atoms with Crippen molar-refractivity contribution in [1.82, 2.24) is 0 Å². The molecular weight excluding hydrogens is 230 g/mol.